The van der Waals surface area contributed by atoms with Crippen molar-refractivity contribution in [2.24, 2.45) is 5.73 Å². The molecular formula is C16H21ClN4O2. The first-order valence-corrected chi connectivity index (χ1v) is 8.10. The van der Waals surface area contributed by atoms with Gasteiger partial charge in [-0.05, 0) is 25.5 Å². The maximum absolute atomic E-state index is 9.91. The molecule has 0 bridgehead atoms. The first-order valence-electron chi connectivity index (χ1n) is 7.72. The number of piperidine rings is 1. The van der Waals surface area contributed by atoms with Gasteiger partial charge in [0.15, 0.2) is 0 Å². The summed E-state index contributed by atoms with van der Waals surface area (Å²) >= 11 is 6.34. The SMILES string of the molecule is COc1ccc2ncc(Cl)c(CCN3CC[C@H](N)[C@H](O)C3)c2n1. The van der Waals surface area contributed by atoms with Crippen LogP contribution in [0.4, 0.5) is 0 Å². The van der Waals surface area contributed by atoms with Crippen molar-refractivity contribution in [2.45, 2.75) is 25.0 Å². The number of halogens is 1. The van der Waals surface area contributed by atoms with E-state index in [4.69, 9.17) is 22.1 Å². The largest absolute Gasteiger partial charge is 0.481 e. The smallest absolute Gasteiger partial charge is 0.213 e. The maximum Gasteiger partial charge on any atom is 0.213 e. The highest BCUT2D eigenvalue weighted by Gasteiger charge is 2.24. The number of hydrogen-bond donors (Lipinski definition) is 2. The summed E-state index contributed by atoms with van der Waals surface area (Å²) in [4.78, 5) is 11.0. The van der Waals surface area contributed by atoms with Gasteiger partial charge >= 0.3 is 0 Å². The van der Waals surface area contributed by atoms with Gasteiger partial charge in [0.2, 0.25) is 5.88 Å². The van der Waals surface area contributed by atoms with Gasteiger partial charge in [0.05, 0.1) is 29.3 Å². The summed E-state index contributed by atoms with van der Waals surface area (Å²) in [5, 5.41) is 10.5. The number of nitrogens with two attached hydrogens (primary N) is 1. The van der Waals surface area contributed by atoms with Crippen LogP contribution in [-0.2, 0) is 6.42 Å². The highest BCUT2D eigenvalue weighted by atomic mass is 35.5. The van der Waals surface area contributed by atoms with E-state index in [1.807, 2.05) is 6.07 Å². The summed E-state index contributed by atoms with van der Waals surface area (Å²) in [5.74, 6) is 0.544. The number of aliphatic hydroxyl groups is 1. The summed E-state index contributed by atoms with van der Waals surface area (Å²) in [6.45, 7) is 2.27. The first kappa shape index (κ1) is 16.4. The Bertz CT molecular complexity index is 697. The number of nitrogens with zero attached hydrogens (tertiary/aromatic N) is 3. The zero-order valence-corrected chi connectivity index (χ0v) is 13.8. The maximum atomic E-state index is 9.91. The summed E-state index contributed by atoms with van der Waals surface area (Å²) in [7, 11) is 1.59. The van der Waals surface area contributed by atoms with Crippen LogP contribution < -0.4 is 10.5 Å². The number of fused-ring (bicyclic) bond motifs is 1. The minimum Gasteiger partial charge on any atom is -0.481 e. The number of pyridine rings is 2. The van der Waals surface area contributed by atoms with Crippen LogP contribution in [0.1, 0.15) is 12.0 Å². The molecule has 0 spiro atoms. The highest BCUT2D eigenvalue weighted by molar-refractivity contribution is 6.32. The molecule has 3 heterocycles. The van der Waals surface area contributed by atoms with Crippen LogP contribution in [-0.4, -0.2) is 58.9 Å². The Balaban J connectivity index is 1.80. The van der Waals surface area contributed by atoms with Crippen LogP contribution >= 0.6 is 11.6 Å². The minimum atomic E-state index is -0.466. The van der Waals surface area contributed by atoms with Crippen molar-refractivity contribution in [1.82, 2.24) is 14.9 Å². The molecule has 3 rings (SSSR count). The van der Waals surface area contributed by atoms with Gasteiger partial charge in [0.25, 0.3) is 0 Å². The predicted octanol–water partition coefficient (Wildman–Crippen LogP) is 1.23. The topological polar surface area (TPSA) is 84.5 Å². The molecule has 7 heteroatoms. The number of hydrogen-bond acceptors (Lipinski definition) is 6. The summed E-state index contributed by atoms with van der Waals surface area (Å²) < 4.78 is 5.20. The molecule has 0 radical (unpaired) electrons. The Kier molecular flexibility index (Phi) is 4.96. The zero-order chi connectivity index (χ0) is 16.4. The Hall–Kier alpha value is -1.47. The average Bonchev–Trinajstić information content (AvgIpc) is 2.56. The normalized spacial score (nSPS) is 22.4. The Labute approximate surface area is 140 Å². The quantitative estimate of drug-likeness (QED) is 0.873. The van der Waals surface area contributed by atoms with Gasteiger partial charge in [-0.2, -0.15) is 0 Å². The number of β-amino-alcohol motifs (C(OH)–C–C–N with tert-alkyl or cyclic N) is 1. The lowest BCUT2D eigenvalue weighted by Gasteiger charge is -2.34. The molecule has 2 atom stereocenters. The van der Waals surface area contributed by atoms with Gasteiger partial charge in [-0.3, -0.25) is 4.98 Å². The van der Waals surface area contributed by atoms with Crippen LogP contribution in [0.25, 0.3) is 11.0 Å². The minimum absolute atomic E-state index is 0.123. The molecule has 0 aliphatic carbocycles. The monoisotopic (exact) mass is 336 g/mol. The molecule has 1 saturated heterocycles. The van der Waals surface area contributed by atoms with Gasteiger partial charge in [-0.15, -0.1) is 0 Å². The number of rotatable bonds is 4. The second-order valence-corrected chi connectivity index (χ2v) is 6.28. The third-order valence-corrected chi connectivity index (χ3v) is 4.67. The molecule has 0 unspecified atom stereocenters. The van der Waals surface area contributed by atoms with E-state index in [-0.39, 0.29) is 6.04 Å². The van der Waals surface area contributed by atoms with E-state index in [1.165, 1.54) is 0 Å². The molecule has 6 nitrogen and oxygen atoms in total. The van der Waals surface area contributed by atoms with Crippen molar-refractivity contribution >= 4 is 22.6 Å². The molecule has 1 fully saturated rings. The average molecular weight is 337 g/mol. The van der Waals surface area contributed by atoms with Crippen molar-refractivity contribution < 1.29 is 9.84 Å². The number of aliphatic hydroxyl groups excluding tert-OH is 1. The second kappa shape index (κ2) is 6.97. The Morgan fingerprint density at radius 3 is 3.04 bits per heavy atom. The molecule has 2 aromatic heterocycles. The van der Waals surface area contributed by atoms with E-state index < -0.39 is 6.10 Å². The first-order chi connectivity index (χ1) is 11.1. The second-order valence-electron chi connectivity index (χ2n) is 5.88. The van der Waals surface area contributed by atoms with Crippen LogP contribution in [0.2, 0.25) is 5.02 Å². The van der Waals surface area contributed by atoms with Gasteiger partial charge in [0, 0.05) is 37.0 Å². The summed E-state index contributed by atoms with van der Waals surface area (Å²) in [6.07, 6.45) is 2.73. The van der Waals surface area contributed by atoms with Crippen LogP contribution in [0, 0.1) is 0 Å². The highest BCUT2D eigenvalue weighted by Crippen LogP contribution is 2.25. The molecule has 1 aliphatic rings. The Morgan fingerprint density at radius 2 is 2.30 bits per heavy atom. The van der Waals surface area contributed by atoms with Crippen molar-refractivity contribution in [1.29, 1.82) is 0 Å². The molecule has 0 saturated carbocycles. The van der Waals surface area contributed by atoms with Gasteiger partial charge in [-0.25, -0.2) is 4.98 Å². The third-order valence-electron chi connectivity index (χ3n) is 4.34. The van der Waals surface area contributed by atoms with Crippen molar-refractivity contribution in [3.05, 3.63) is 28.9 Å². The van der Waals surface area contributed by atoms with E-state index >= 15 is 0 Å². The third kappa shape index (κ3) is 3.55. The lowest BCUT2D eigenvalue weighted by atomic mass is 10.0. The van der Waals surface area contributed by atoms with Crippen LogP contribution in [0.15, 0.2) is 18.3 Å². The predicted molar refractivity (Wildman–Crippen MR) is 89.8 cm³/mol. The van der Waals surface area contributed by atoms with Gasteiger partial charge in [0.1, 0.15) is 0 Å². The van der Waals surface area contributed by atoms with E-state index in [2.05, 4.69) is 14.9 Å². The van der Waals surface area contributed by atoms with Crippen molar-refractivity contribution in [3.8, 4) is 5.88 Å². The van der Waals surface area contributed by atoms with E-state index in [9.17, 15) is 5.11 Å². The number of methoxy groups -OCH3 is 1. The van der Waals surface area contributed by atoms with Crippen LogP contribution in [0.5, 0.6) is 5.88 Å². The molecule has 124 valence electrons. The lowest BCUT2D eigenvalue weighted by Crippen LogP contribution is -2.50. The molecule has 2 aromatic rings. The number of ether oxygens (including phenoxy) is 1. The Morgan fingerprint density at radius 1 is 1.48 bits per heavy atom. The molecule has 0 aromatic carbocycles. The van der Waals surface area contributed by atoms with Gasteiger partial charge < -0.3 is 20.5 Å². The zero-order valence-electron chi connectivity index (χ0n) is 13.1. The number of likely N-dealkylation sites (tertiary alicyclic amines) is 1. The summed E-state index contributed by atoms with van der Waals surface area (Å²) in [5.41, 5.74) is 8.37. The van der Waals surface area contributed by atoms with E-state index in [1.54, 1.807) is 19.4 Å². The number of aromatic nitrogens is 2. The lowest BCUT2D eigenvalue weighted by molar-refractivity contribution is 0.0542. The van der Waals surface area contributed by atoms with Crippen molar-refractivity contribution in [3.63, 3.8) is 0 Å². The fourth-order valence-electron chi connectivity index (χ4n) is 2.92. The van der Waals surface area contributed by atoms with E-state index in [0.29, 0.717) is 17.4 Å². The van der Waals surface area contributed by atoms with Crippen LogP contribution in [0.3, 0.4) is 0 Å². The standard InChI is InChI=1S/C16H21ClN4O2/c1-23-15-3-2-13-16(20-15)10(11(17)8-19-13)4-6-21-7-5-12(18)14(22)9-21/h2-3,8,12,14,22H,4-7,9,18H2,1H3/t12-,14+/m0/s1. The fourth-order valence-corrected chi connectivity index (χ4v) is 3.15. The van der Waals surface area contributed by atoms with Gasteiger partial charge in [-0.1, -0.05) is 11.6 Å². The molecule has 0 amide bonds. The van der Waals surface area contributed by atoms with E-state index in [0.717, 1.165) is 42.5 Å². The summed E-state index contributed by atoms with van der Waals surface area (Å²) in [6, 6.07) is 3.54. The fraction of sp³-hybridized carbons (Fsp3) is 0.500. The van der Waals surface area contributed by atoms with Crippen molar-refractivity contribution in [2.75, 3.05) is 26.7 Å². The molecule has 1 aliphatic heterocycles. The molecule has 3 N–H and O–H groups in total. The molecule has 23 heavy (non-hydrogen) atoms. The molecular weight excluding hydrogens is 316 g/mol.